The summed E-state index contributed by atoms with van der Waals surface area (Å²) in [6.07, 6.45) is 2.98. The predicted octanol–water partition coefficient (Wildman–Crippen LogP) is 0.532. The Morgan fingerprint density at radius 2 is 2.04 bits per heavy atom. The number of hydrogen-bond donors (Lipinski definition) is 2. The highest BCUT2D eigenvalue weighted by Gasteiger charge is 2.22. The molecule has 2 aromatic rings. The number of rotatable bonds is 4. The van der Waals surface area contributed by atoms with Gasteiger partial charge in [0.05, 0.1) is 6.54 Å². The second-order valence-electron chi connectivity index (χ2n) is 5.49. The molecule has 1 fully saturated rings. The zero-order valence-electron chi connectivity index (χ0n) is 13.4. The number of anilines is 1. The van der Waals surface area contributed by atoms with Crippen LogP contribution in [0.15, 0.2) is 36.7 Å². The van der Waals surface area contributed by atoms with Gasteiger partial charge in [0.25, 0.3) is 5.91 Å². The molecular formula is C17H16N6O2. The van der Waals surface area contributed by atoms with Gasteiger partial charge in [-0.3, -0.25) is 9.59 Å². The summed E-state index contributed by atoms with van der Waals surface area (Å²) in [4.78, 5) is 33.3. The maximum atomic E-state index is 12.4. The topological polar surface area (TPSA) is 111 Å². The van der Waals surface area contributed by atoms with E-state index in [4.69, 9.17) is 5.26 Å². The van der Waals surface area contributed by atoms with Gasteiger partial charge in [-0.15, -0.1) is 0 Å². The van der Waals surface area contributed by atoms with Gasteiger partial charge in [-0.1, -0.05) is 12.1 Å². The molecule has 0 radical (unpaired) electrons. The molecular weight excluding hydrogens is 320 g/mol. The highest BCUT2D eigenvalue weighted by molar-refractivity contribution is 5.97. The van der Waals surface area contributed by atoms with Gasteiger partial charge in [-0.25, -0.2) is 9.97 Å². The lowest BCUT2D eigenvalue weighted by Crippen LogP contribution is -2.49. The first-order chi connectivity index (χ1) is 12.2. The van der Waals surface area contributed by atoms with E-state index < -0.39 is 0 Å². The lowest BCUT2D eigenvalue weighted by atomic mass is 10.1. The number of nitrogens with zero attached hydrogens (tertiary/aromatic N) is 4. The summed E-state index contributed by atoms with van der Waals surface area (Å²) in [5.74, 6) is 0.122. The molecule has 2 N–H and O–H groups in total. The molecule has 0 unspecified atom stereocenters. The normalized spacial score (nSPS) is 13.7. The second kappa shape index (κ2) is 7.40. The smallest absolute Gasteiger partial charge is 0.254 e. The predicted molar refractivity (Wildman–Crippen MR) is 89.4 cm³/mol. The molecule has 0 atom stereocenters. The molecule has 3 rings (SSSR count). The number of nitriles is 1. The molecule has 126 valence electrons. The summed E-state index contributed by atoms with van der Waals surface area (Å²) >= 11 is 0. The monoisotopic (exact) mass is 336 g/mol. The van der Waals surface area contributed by atoms with Gasteiger partial charge in [-0.2, -0.15) is 5.26 Å². The minimum Gasteiger partial charge on any atom is -0.364 e. The first kappa shape index (κ1) is 16.4. The number of aromatic nitrogens is 2. The molecule has 1 aromatic heterocycles. The molecule has 8 heteroatoms. The van der Waals surface area contributed by atoms with E-state index in [1.165, 1.54) is 17.3 Å². The fraction of sp³-hybridized carbons (Fsp3) is 0.235. The molecule has 2 heterocycles. The maximum absolute atomic E-state index is 12.4. The number of carbonyl (C=O) groups is 2. The Morgan fingerprint density at radius 1 is 1.28 bits per heavy atom. The van der Waals surface area contributed by atoms with Gasteiger partial charge in [0.1, 0.15) is 6.07 Å². The van der Waals surface area contributed by atoms with Crippen molar-refractivity contribution in [3.8, 4) is 6.07 Å². The van der Waals surface area contributed by atoms with E-state index in [-0.39, 0.29) is 24.1 Å². The van der Waals surface area contributed by atoms with Crippen molar-refractivity contribution in [2.24, 2.45) is 0 Å². The summed E-state index contributed by atoms with van der Waals surface area (Å²) in [5, 5.41) is 14.7. The van der Waals surface area contributed by atoms with Crippen LogP contribution in [0.25, 0.3) is 0 Å². The number of benzene rings is 1. The largest absolute Gasteiger partial charge is 0.364 e. The molecule has 8 nitrogen and oxygen atoms in total. The third-order valence-corrected chi connectivity index (χ3v) is 3.79. The van der Waals surface area contributed by atoms with E-state index in [2.05, 4.69) is 20.6 Å². The molecule has 0 spiro atoms. The molecule has 25 heavy (non-hydrogen) atoms. The molecule has 0 bridgehead atoms. The van der Waals surface area contributed by atoms with Crippen molar-refractivity contribution in [1.82, 2.24) is 20.2 Å². The van der Waals surface area contributed by atoms with Crippen LogP contribution >= 0.6 is 0 Å². The quantitative estimate of drug-likeness (QED) is 0.843. The van der Waals surface area contributed by atoms with Crippen molar-refractivity contribution < 1.29 is 9.59 Å². The summed E-state index contributed by atoms with van der Waals surface area (Å²) in [7, 11) is 0. The third-order valence-electron chi connectivity index (χ3n) is 3.79. The Balaban J connectivity index is 1.63. The van der Waals surface area contributed by atoms with Crippen molar-refractivity contribution >= 4 is 17.6 Å². The highest BCUT2D eigenvalue weighted by Crippen LogP contribution is 2.12. The van der Waals surface area contributed by atoms with Crippen LogP contribution in [0.4, 0.5) is 5.82 Å². The fourth-order valence-electron chi connectivity index (χ4n) is 2.49. The van der Waals surface area contributed by atoms with Crippen LogP contribution < -0.4 is 10.6 Å². The first-order valence-electron chi connectivity index (χ1n) is 7.77. The van der Waals surface area contributed by atoms with Crippen LogP contribution in [0, 0.1) is 11.3 Å². The third kappa shape index (κ3) is 3.90. The van der Waals surface area contributed by atoms with Gasteiger partial charge in [0.15, 0.2) is 11.5 Å². The molecule has 1 aromatic carbocycles. The average Bonchev–Trinajstić information content (AvgIpc) is 2.66. The number of amides is 2. The van der Waals surface area contributed by atoms with E-state index in [0.717, 1.165) is 5.56 Å². The lowest BCUT2D eigenvalue weighted by Gasteiger charge is -2.26. The van der Waals surface area contributed by atoms with E-state index in [9.17, 15) is 9.59 Å². The van der Waals surface area contributed by atoms with Crippen LogP contribution in [0.1, 0.15) is 21.6 Å². The Hall–Kier alpha value is -3.47. The minimum absolute atomic E-state index is 0.0890. The summed E-state index contributed by atoms with van der Waals surface area (Å²) < 4.78 is 0. The number of hydrogen-bond acceptors (Lipinski definition) is 6. The van der Waals surface area contributed by atoms with Crippen LogP contribution in [0.3, 0.4) is 0 Å². The Kier molecular flexibility index (Phi) is 4.85. The Labute approximate surface area is 144 Å². The van der Waals surface area contributed by atoms with Gasteiger partial charge in [0, 0.05) is 37.6 Å². The maximum Gasteiger partial charge on any atom is 0.254 e. The van der Waals surface area contributed by atoms with Gasteiger partial charge < -0.3 is 15.5 Å². The number of carbonyl (C=O) groups excluding carboxylic acids is 2. The highest BCUT2D eigenvalue weighted by atomic mass is 16.2. The summed E-state index contributed by atoms with van der Waals surface area (Å²) in [6, 6.07) is 9.09. The van der Waals surface area contributed by atoms with Crippen LogP contribution in [0.5, 0.6) is 0 Å². The molecule has 1 aliphatic heterocycles. The Morgan fingerprint density at radius 3 is 2.76 bits per heavy atom. The SMILES string of the molecule is N#Cc1nccnc1NCc1ccc(C(=O)N2CCNC(=O)C2)cc1. The Bertz CT molecular complexity index is 828. The van der Waals surface area contributed by atoms with Crippen molar-refractivity contribution in [3.63, 3.8) is 0 Å². The lowest BCUT2D eigenvalue weighted by molar-refractivity contribution is -0.123. The second-order valence-corrected chi connectivity index (χ2v) is 5.49. The standard InChI is InChI=1S/C17H16N6O2/c18-9-14-16(21-6-5-19-14)22-10-12-1-3-13(4-2-12)17(25)23-8-7-20-15(24)11-23/h1-6H,7-8,10-11H2,(H,20,24)(H,21,22). The molecule has 1 aliphatic rings. The van der Waals surface area contributed by atoms with E-state index in [1.54, 1.807) is 12.1 Å². The summed E-state index contributed by atoms with van der Waals surface area (Å²) in [5.41, 5.74) is 1.70. The zero-order valence-corrected chi connectivity index (χ0v) is 13.4. The van der Waals surface area contributed by atoms with Crippen LogP contribution in [0.2, 0.25) is 0 Å². The van der Waals surface area contributed by atoms with Crippen LogP contribution in [-0.2, 0) is 11.3 Å². The first-order valence-corrected chi connectivity index (χ1v) is 7.77. The van der Waals surface area contributed by atoms with E-state index in [1.807, 2.05) is 18.2 Å². The van der Waals surface area contributed by atoms with Gasteiger partial charge in [0.2, 0.25) is 5.91 Å². The molecule has 0 aliphatic carbocycles. The number of nitrogens with one attached hydrogen (secondary N) is 2. The van der Waals surface area contributed by atoms with Crippen molar-refractivity contribution in [1.29, 1.82) is 5.26 Å². The number of piperazine rings is 1. The van der Waals surface area contributed by atoms with E-state index >= 15 is 0 Å². The van der Waals surface area contributed by atoms with E-state index in [0.29, 0.717) is 31.0 Å². The molecule has 2 amide bonds. The zero-order chi connectivity index (χ0) is 17.6. The fourth-order valence-corrected chi connectivity index (χ4v) is 2.49. The minimum atomic E-state index is -0.157. The average molecular weight is 336 g/mol. The molecule has 0 saturated carbocycles. The van der Waals surface area contributed by atoms with Gasteiger partial charge >= 0.3 is 0 Å². The van der Waals surface area contributed by atoms with Crippen molar-refractivity contribution in [3.05, 3.63) is 53.5 Å². The van der Waals surface area contributed by atoms with Gasteiger partial charge in [-0.05, 0) is 17.7 Å². The van der Waals surface area contributed by atoms with Crippen LogP contribution in [-0.4, -0.2) is 46.3 Å². The molecule has 1 saturated heterocycles. The van der Waals surface area contributed by atoms with Crippen molar-refractivity contribution in [2.45, 2.75) is 6.54 Å². The summed E-state index contributed by atoms with van der Waals surface area (Å²) in [6.45, 7) is 1.53. The van der Waals surface area contributed by atoms with Crippen molar-refractivity contribution in [2.75, 3.05) is 25.0 Å².